The average molecular weight is 273 g/mol. The minimum Gasteiger partial charge on any atom is -0.333 e. The Morgan fingerprint density at radius 3 is 3.06 bits per heavy atom. The van der Waals surface area contributed by atoms with Crippen LogP contribution in [0.5, 0.6) is 0 Å². The van der Waals surface area contributed by atoms with E-state index in [1.165, 1.54) is 0 Å². The minimum atomic E-state index is 0. The topological polar surface area (TPSA) is 32.3 Å². The maximum absolute atomic E-state index is 12.3. The molecule has 1 N–H and O–H groups in total. The Balaban J connectivity index is 0.00000108. The van der Waals surface area contributed by atoms with Crippen molar-refractivity contribution in [2.45, 2.75) is 12.5 Å². The predicted molar refractivity (Wildman–Crippen MR) is 70.1 cm³/mol. The van der Waals surface area contributed by atoms with Crippen LogP contribution < -0.4 is 5.32 Å². The van der Waals surface area contributed by atoms with E-state index in [0.717, 1.165) is 31.6 Å². The number of rotatable bonds is 0. The second-order valence-corrected chi connectivity index (χ2v) is 4.74. The van der Waals surface area contributed by atoms with E-state index in [2.05, 4.69) is 5.32 Å². The fourth-order valence-electron chi connectivity index (χ4n) is 2.59. The molecule has 2 aliphatic heterocycles. The number of hydrogen-bond acceptors (Lipinski definition) is 2. The molecule has 0 unspecified atom stereocenters. The summed E-state index contributed by atoms with van der Waals surface area (Å²) in [6.45, 7) is 2.55. The molecular weight excluding hydrogens is 259 g/mol. The standard InChI is InChI=1S/C12H13ClN2O.ClH/c13-10-3-1-2-8-6-9-7-14-4-5-15(9)12(16)11(8)10;/h1-3,9,14H,4-7H2;1H/t9-;/m1./s1. The zero-order valence-corrected chi connectivity index (χ0v) is 10.9. The van der Waals surface area contributed by atoms with Gasteiger partial charge in [-0.3, -0.25) is 4.79 Å². The second-order valence-electron chi connectivity index (χ2n) is 4.33. The second kappa shape index (κ2) is 4.84. The number of nitrogens with one attached hydrogen (secondary N) is 1. The summed E-state index contributed by atoms with van der Waals surface area (Å²) in [6.07, 6.45) is 0.911. The van der Waals surface area contributed by atoms with Gasteiger partial charge in [-0.15, -0.1) is 12.4 Å². The molecule has 0 spiro atoms. The zero-order chi connectivity index (χ0) is 11.1. The highest BCUT2D eigenvalue weighted by atomic mass is 35.5. The molecule has 1 fully saturated rings. The number of halogens is 2. The van der Waals surface area contributed by atoms with E-state index in [1.54, 1.807) is 6.07 Å². The van der Waals surface area contributed by atoms with Crippen molar-refractivity contribution in [3.63, 3.8) is 0 Å². The summed E-state index contributed by atoms with van der Waals surface area (Å²) < 4.78 is 0. The number of carbonyl (C=O) groups excluding carboxylic acids is 1. The van der Waals surface area contributed by atoms with Gasteiger partial charge >= 0.3 is 0 Å². The van der Waals surface area contributed by atoms with E-state index in [4.69, 9.17) is 11.6 Å². The van der Waals surface area contributed by atoms with Crippen molar-refractivity contribution >= 4 is 29.9 Å². The molecule has 0 radical (unpaired) electrons. The Labute approximate surface area is 112 Å². The molecular formula is C12H14Cl2N2O. The fourth-order valence-corrected chi connectivity index (χ4v) is 2.86. The van der Waals surface area contributed by atoms with Gasteiger partial charge in [-0.05, 0) is 18.1 Å². The smallest absolute Gasteiger partial charge is 0.255 e. The lowest BCUT2D eigenvalue weighted by Gasteiger charge is -2.40. The van der Waals surface area contributed by atoms with Gasteiger partial charge < -0.3 is 10.2 Å². The largest absolute Gasteiger partial charge is 0.333 e. The Morgan fingerprint density at radius 2 is 2.24 bits per heavy atom. The highest BCUT2D eigenvalue weighted by Crippen LogP contribution is 2.29. The molecule has 2 aliphatic rings. The number of hydrogen-bond donors (Lipinski definition) is 1. The molecule has 0 saturated carbocycles. The first-order chi connectivity index (χ1) is 7.77. The molecule has 0 aliphatic carbocycles. The van der Waals surface area contributed by atoms with Crippen LogP contribution in [0.15, 0.2) is 18.2 Å². The first-order valence-corrected chi connectivity index (χ1v) is 5.94. The first kappa shape index (κ1) is 12.7. The molecule has 1 saturated heterocycles. The van der Waals surface area contributed by atoms with Crippen molar-refractivity contribution < 1.29 is 4.79 Å². The van der Waals surface area contributed by atoms with E-state index >= 15 is 0 Å². The van der Waals surface area contributed by atoms with E-state index < -0.39 is 0 Å². The van der Waals surface area contributed by atoms with Crippen LogP contribution in [0.4, 0.5) is 0 Å². The molecule has 17 heavy (non-hydrogen) atoms. The summed E-state index contributed by atoms with van der Waals surface area (Å²) in [7, 11) is 0. The predicted octanol–water partition coefficient (Wildman–Crippen LogP) is 1.73. The van der Waals surface area contributed by atoms with Crippen LogP contribution in [0.1, 0.15) is 15.9 Å². The van der Waals surface area contributed by atoms with Gasteiger partial charge in [0.25, 0.3) is 5.91 Å². The molecule has 2 heterocycles. The Morgan fingerprint density at radius 1 is 1.41 bits per heavy atom. The van der Waals surface area contributed by atoms with Crippen LogP contribution in [-0.2, 0) is 6.42 Å². The number of carbonyl (C=O) groups is 1. The Hall–Kier alpha value is -0.770. The number of amides is 1. The third-order valence-electron chi connectivity index (χ3n) is 3.38. The lowest BCUT2D eigenvalue weighted by molar-refractivity contribution is 0.0607. The molecule has 3 rings (SSSR count). The van der Waals surface area contributed by atoms with Crippen molar-refractivity contribution in [3.8, 4) is 0 Å². The van der Waals surface area contributed by atoms with Gasteiger partial charge in [-0.1, -0.05) is 23.7 Å². The summed E-state index contributed by atoms with van der Waals surface area (Å²) in [5, 5.41) is 3.91. The van der Waals surface area contributed by atoms with Gasteiger partial charge in [0.2, 0.25) is 0 Å². The molecule has 5 heteroatoms. The van der Waals surface area contributed by atoms with Crippen molar-refractivity contribution in [1.29, 1.82) is 0 Å². The molecule has 1 atom stereocenters. The highest BCUT2D eigenvalue weighted by Gasteiger charge is 2.34. The maximum Gasteiger partial charge on any atom is 0.255 e. The minimum absolute atomic E-state index is 0. The van der Waals surface area contributed by atoms with Gasteiger partial charge in [0.15, 0.2) is 0 Å². The molecule has 1 aromatic rings. The highest BCUT2D eigenvalue weighted by molar-refractivity contribution is 6.34. The van der Waals surface area contributed by atoms with Crippen LogP contribution in [0.25, 0.3) is 0 Å². The van der Waals surface area contributed by atoms with Crippen molar-refractivity contribution in [2.24, 2.45) is 0 Å². The first-order valence-electron chi connectivity index (χ1n) is 5.56. The lowest BCUT2D eigenvalue weighted by atomic mass is 9.92. The summed E-state index contributed by atoms with van der Waals surface area (Å²) >= 11 is 6.11. The SMILES string of the molecule is Cl.O=C1c2c(Cl)cccc2C[C@@H]2CNCCN12. The van der Waals surface area contributed by atoms with Gasteiger partial charge in [0.05, 0.1) is 10.6 Å². The van der Waals surface area contributed by atoms with Crippen LogP contribution >= 0.6 is 24.0 Å². The third-order valence-corrected chi connectivity index (χ3v) is 3.70. The van der Waals surface area contributed by atoms with Gasteiger partial charge in [0, 0.05) is 25.7 Å². The molecule has 1 amide bonds. The lowest BCUT2D eigenvalue weighted by Crippen LogP contribution is -2.56. The summed E-state index contributed by atoms with van der Waals surface area (Å²) in [4.78, 5) is 14.2. The molecule has 0 bridgehead atoms. The fraction of sp³-hybridized carbons (Fsp3) is 0.417. The summed E-state index contributed by atoms with van der Waals surface area (Å²) in [6, 6.07) is 6.01. The van der Waals surface area contributed by atoms with Crippen LogP contribution in [0.2, 0.25) is 5.02 Å². The Kier molecular flexibility index (Phi) is 3.61. The van der Waals surface area contributed by atoms with Crippen molar-refractivity contribution in [3.05, 3.63) is 34.3 Å². The monoisotopic (exact) mass is 272 g/mol. The zero-order valence-electron chi connectivity index (χ0n) is 9.28. The molecule has 0 aromatic heterocycles. The van der Waals surface area contributed by atoms with Crippen molar-refractivity contribution in [1.82, 2.24) is 10.2 Å². The van der Waals surface area contributed by atoms with Crippen LogP contribution in [0.3, 0.4) is 0 Å². The third kappa shape index (κ3) is 2.03. The van der Waals surface area contributed by atoms with Crippen molar-refractivity contribution in [2.75, 3.05) is 19.6 Å². The van der Waals surface area contributed by atoms with Gasteiger partial charge in [0.1, 0.15) is 0 Å². The average Bonchev–Trinajstić information content (AvgIpc) is 2.29. The molecule has 3 nitrogen and oxygen atoms in total. The number of nitrogens with zero attached hydrogens (tertiary/aromatic N) is 1. The normalized spacial score (nSPS) is 22.5. The number of fused-ring (bicyclic) bond motifs is 2. The molecule has 1 aromatic carbocycles. The Bertz CT molecular complexity index is 450. The van der Waals surface area contributed by atoms with E-state index in [1.807, 2.05) is 17.0 Å². The van der Waals surface area contributed by atoms with E-state index in [0.29, 0.717) is 16.6 Å². The quantitative estimate of drug-likeness (QED) is 0.780. The number of benzene rings is 1. The summed E-state index contributed by atoms with van der Waals surface area (Å²) in [5.41, 5.74) is 1.80. The van der Waals surface area contributed by atoms with Crippen LogP contribution in [-0.4, -0.2) is 36.5 Å². The van der Waals surface area contributed by atoms with Gasteiger partial charge in [-0.2, -0.15) is 0 Å². The van der Waals surface area contributed by atoms with Gasteiger partial charge in [-0.25, -0.2) is 0 Å². The number of piperazine rings is 1. The summed E-state index contributed by atoms with van der Waals surface area (Å²) in [5.74, 6) is 0.0957. The van der Waals surface area contributed by atoms with E-state index in [9.17, 15) is 4.79 Å². The molecule has 92 valence electrons. The van der Waals surface area contributed by atoms with E-state index in [-0.39, 0.29) is 18.3 Å². The maximum atomic E-state index is 12.3. The van der Waals surface area contributed by atoms with Crippen LogP contribution in [0, 0.1) is 0 Å².